The average Bonchev–Trinajstić information content (AvgIpc) is 2.39. The van der Waals surface area contributed by atoms with Crippen molar-refractivity contribution in [3.63, 3.8) is 0 Å². The Morgan fingerprint density at radius 3 is 2.88 bits per heavy atom. The second kappa shape index (κ2) is 5.13. The smallest absolute Gasteiger partial charge is 0.144 e. The quantitative estimate of drug-likeness (QED) is 0.803. The Hall–Kier alpha value is -2.34. The summed E-state index contributed by atoms with van der Waals surface area (Å²) in [7, 11) is 0. The van der Waals surface area contributed by atoms with Crippen LogP contribution in [0.15, 0.2) is 42.6 Å². The molecular formula is C14H12N2O. The van der Waals surface area contributed by atoms with Crippen LogP contribution in [0, 0.1) is 11.3 Å². The van der Waals surface area contributed by atoms with Crippen molar-refractivity contribution in [2.75, 3.05) is 0 Å². The first-order valence-electron chi connectivity index (χ1n) is 5.45. The predicted molar refractivity (Wildman–Crippen MR) is 64.8 cm³/mol. The zero-order valence-electron chi connectivity index (χ0n) is 9.55. The average molecular weight is 224 g/mol. The van der Waals surface area contributed by atoms with E-state index in [0.29, 0.717) is 11.4 Å². The number of rotatable bonds is 3. The van der Waals surface area contributed by atoms with Crippen molar-refractivity contribution < 1.29 is 4.74 Å². The molecule has 1 aromatic carbocycles. The van der Waals surface area contributed by atoms with Crippen LogP contribution in [0.2, 0.25) is 0 Å². The topological polar surface area (TPSA) is 45.9 Å². The highest BCUT2D eigenvalue weighted by molar-refractivity contribution is 5.39. The van der Waals surface area contributed by atoms with Gasteiger partial charge >= 0.3 is 0 Å². The number of nitriles is 1. The maximum absolute atomic E-state index is 8.76. The number of aryl methyl sites for hydroxylation is 1. The van der Waals surface area contributed by atoms with E-state index in [2.05, 4.69) is 11.9 Å². The van der Waals surface area contributed by atoms with Crippen LogP contribution in [0.5, 0.6) is 11.5 Å². The van der Waals surface area contributed by atoms with Crippen molar-refractivity contribution >= 4 is 0 Å². The molecular weight excluding hydrogens is 212 g/mol. The van der Waals surface area contributed by atoms with E-state index < -0.39 is 0 Å². The molecule has 3 nitrogen and oxygen atoms in total. The third-order valence-electron chi connectivity index (χ3n) is 2.43. The number of benzene rings is 1. The predicted octanol–water partition coefficient (Wildman–Crippen LogP) is 3.31. The van der Waals surface area contributed by atoms with Crippen LogP contribution >= 0.6 is 0 Å². The lowest BCUT2D eigenvalue weighted by Gasteiger charge is -2.09. The summed E-state index contributed by atoms with van der Waals surface area (Å²) in [5, 5.41) is 8.76. The molecule has 0 saturated heterocycles. The number of ether oxygens (including phenoxy) is 1. The van der Waals surface area contributed by atoms with E-state index in [4.69, 9.17) is 10.00 Å². The van der Waals surface area contributed by atoms with Gasteiger partial charge in [0.2, 0.25) is 0 Å². The van der Waals surface area contributed by atoms with Gasteiger partial charge in [-0.15, -0.1) is 0 Å². The van der Waals surface area contributed by atoms with Gasteiger partial charge in [-0.25, -0.2) is 4.98 Å². The molecule has 0 N–H and O–H groups in total. The molecule has 0 spiro atoms. The lowest BCUT2D eigenvalue weighted by Crippen LogP contribution is -1.91. The molecule has 0 aliphatic heterocycles. The van der Waals surface area contributed by atoms with Gasteiger partial charge in [-0.1, -0.05) is 25.1 Å². The fraction of sp³-hybridized carbons (Fsp3) is 0.143. The van der Waals surface area contributed by atoms with E-state index in [1.807, 2.05) is 30.3 Å². The highest BCUT2D eigenvalue weighted by atomic mass is 16.5. The first-order valence-corrected chi connectivity index (χ1v) is 5.45. The molecule has 2 aromatic rings. The zero-order chi connectivity index (χ0) is 12.1. The monoisotopic (exact) mass is 224 g/mol. The number of para-hydroxylation sites is 1. The molecule has 3 heteroatoms. The molecule has 1 aromatic heterocycles. The Bertz CT molecular complexity index is 558. The van der Waals surface area contributed by atoms with E-state index in [1.165, 1.54) is 0 Å². The van der Waals surface area contributed by atoms with Crippen molar-refractivity contribution in [3.8, 4) is 17.6 Å². The molecule has 84 valence electrons. The molecule has 0 unspecified atom stereocenters. The Morgan fingerprint density at radius 1 is 1.29 bits per heavy atom. The molecule has 1 heterocycles. The molecule has 17 heavy (non-hydrogen) atoms. The van der Waals surface area contributed by atoms with Crippen molar-refractivity contribution in [3.05, 3.63) is 53.9 Å². The molecule has 0 aliphatic rings. The summed E-state index contributed by atoms with van der Waals surface area (Å²) in [6.07, 6.45) is 2.48. The molecule has 0 saturated carbocycles. The van der Waals surface area contributed by atoms with Crippen LogP contribution < -0.4 is 4.74 Å². The van der Waals surface area contributed by atoms with Gasteiger partial charge in [0, 0.05) is 12.3 Å². The van der Waals surface area contributed by atoms with Gasteiger partial charge in [-0.3, -0.25) is 0 Å². The van der Waals surface area contributed by atoms with Crippen molar-refractivity contribution in [1.82, 2.24) is 4.98 Å². The molecule has 0 amide bonds. The highest BCUT2D eigenvalue weighted by Gasteiger charge is 2.03. The summed E-state index contributed by atoms with van der Waals surface area (Å²) in [6, 6.07) is 13.2. The minimum absolute atomic E-state index is 0.358. The van der Waals surface area contributed by atoms with Crippen LogP contribution in [-0.2, 0) is 6.42 Å². The van der Waals surface area contributed by atoms with Crippen molar-refractivity contribution in [2.24, 2.45) is 0 Å². The number of hydrogen-bond donors (Lipinski definition) is 0. The largest absolute Gasteiger partial charge is 0.457 e. The van der Waals surface area contributed by atoms with Gasteiger partial charge in [0.05, 0.1) is 0 Å². The number of nitrogens with zero attached hydrogens (tertiary/aromatic N) is 2. The van der Waals surface area contributed by atoms with Gasteiger partial charge in [0.15, 0.2) is 0 Å². The first kappa shape index (κ1) is 11.2. The SMILES string of the molecule is CCc1ccccc1Oc1ccnc(C#N)c1. The lowest BCUT2D eigenvalue weighted by atomic mass is 10.1. The molecule has 0 fully saturated rings. The maximum atomic E-state index is 8.76. The number of aromatic nitrogens is 1. The number of hydrogen-bond acceptors (Lipinski definition) is 3. The zero-order valence-corrected chi connectivity index (χ0v) is 9.55. The van der Waals surface area contributed by atoms with Gasteiger partial charge in [-0.2, -0.15) is 5.26 Å². The molecule has 0 radical (unpaired) electrons. The minimum atomic E-state index is 0.358. The Balaban J connectivity index is 2.28. The van der Waals surface area contributed by atoms with Gasteiger partial charge in [0.1, 0.15) is 23.3 Å². The normalized spacial score (nSPS) is 9.65. The standard InChI is InChI=1S/C14H12N2O/c1-2-11-5-3-4-6-14(11)17-13-7-8-16-12(9-13)10-15/h3-9H,2H2,1H3. The third kappa shape index (κ3) is 2.61. The molecule has 2 rings (SSSR count). The van der Waals surface area contributed by atoms with E-state index in [-0.39, 0.29) is 0 Å². The second-order valence-electron chi connectivity index (χ2n) is 3.55. The number of pyridine rings is 1. The summed E-state index contributed by atoms with van der Waals surface area (Å²) < 4.78 is 5.75. The minimum Gasteiger partial charge on any atom is -0.457 e. The summed E-state index contributed by atoms with van der Waals surface area (Å²) in [6.45, 7) is 2.08. The fourth-order valence-electron chi connectivity index (χ4n) is 1.56. The molecule has 0 atom stereocenters. The second-order valence-corrected chi connectivity index (χ2v) is 3.55. The highest BCUT2D eigenvalue weighted by Crippen LogP contribution is 2.25. The van der Waals surface area contributed by atoms with Crippen LogP contribution in [0.1, 0.15) is 18.2 Å². The molecule has 0 bridgehead atoms. The van der Waals surface area contributed by atoms with Gasteiger partial charge in [0.25, 0.3) is 0 Å². The Morgan fingerprint density at radius 2 is 2.12 bits per heavy atom. The summed E-state index contributed by atoms with van der Waals surface area (Å²) in [4.78, 5) is 3.90. The Kier molecular flexibility index (Phi) is 3.37. The summed E-state index contributed by atoms with van der Waals surface area (Å²) >= 11 is 0. The third-order valence-corrected chi connectivity index (χ3v) is 2.43. The first-order chi connectivity index (χ1) is 8.33. The molecule has 0 aliphatic carbocycles. The van der Waals surface area contributed by atoms with Gasteiger partial charge in [-0.05, 0) is 24.1 Å². The van der Waals surface area contributed by atoms with Crippen LogP contribution in [0.3, 0.4) is 0 Å². The van der Waals surface area contributed by atoms with Gasteiger partial charge < -0.3 is 4.74 Å². The van der Waals surface area contributed by atoms with Crippen molar-refractivity contribution in [2.45, 2.75) is 13.3 Å². The van der Waals surface area contributed by atoms with E-state index in [9.17, 15) is 0 Å². The summed E-state index contributed by atoms with van der Waals surface area (Å²) in [5.41, 5.74) is 1.50. The fourth-order valence-corrected chi connectivity index (χ4v) is 1.56. The Labute approximate surface area is 100 Å². The van der Waals surface area contributed by atoms with E-state index >= 15 is 0 Å². The lowest BCUT2D eigenvalue weighted by molar-refractivity contribution is 0.476. The van der Waals surface area contributed by atoms with E-state index in [0.717, 1.165) is 17.7 Å². The van der Waals surface area contributed by atoms with Crippen LogP contribution in [-0.4, -0.2) is 4.98 Å². The van der Waals surface area contributed by atoms with E-state index in [1.54, 1.807) is 18.3 Å². The van der Waals surface area contributed by atoms with Crippen molar-refractivity contribution in [1.29, 1.82) is 5.26 Å². The van der Waals surface area contributed by atoms with Crippen LogP contribution in [0.25, 0.3) is 0 Å². The maximum Gasteiger partial charge on any atom is 0.144 e. The van der Waals surface area contributed by atoms with Crippen LogP contribution in [0.4, 0.5) is 0 Å². The summed E-state index contributed by atoms with van der Waals surface area (Å²) in [5.74, 6) is 1.46.